The molecule has 0 spiro atoms. The SMILES string of the molecule is O=C(NC1CCN(C(=O)CCc2cccs2)CC1)c1ccsc1. The number of hydrogen-bond acceptors (Lipinski definition) is 4. The summed E-state index contributed by atoms with van der Waals surface area (Å²) in [5, 5.41) is 8.88. The summed E-state index contributed by atoms with van der Waals surface area (Å²) in [6, 6.07) is 6.10. The molecule has 3 heterocycles. The molecule has 0 saturated carbocycles. The average molecular weight is 348 g/mol. The van der Waals surface area contributed by atoms with Crippen LogP contribution in [-0.4, -0.2) is 35.8 Å². The van der Waals surface area contributed by atoms with Gasteiger partial charge in [0.05, 0.1) is 0 Å². The summed E-state index contributed by atoms with van der Waals surface area (Å²) in [5.74, 6) is 0.217. The minimum Gasteiger partial charge on any atom is -0.349 e. The maximum Gasteiger partial charge on any atom is 0.252 e. The predicted octanol–water partition coefficient (Wildman–Crippen LogP) is 3.16. The van der Waals surface area contributed by atoms with Crippen molar-refractivity contribution < 1.29 is 9.59 Å². The number of carbonyl (C=O) groups excluding carboxylic acids is 2. The lowest BCUT2D eigenvalue weighted by Gasteiger charge is -2.32. The summed E-state index contributed by atoms with van der Waals surface area (Å²) >= 11 is 3.23. The highest BCUT2D eigenvalue weighted by Gasteiger charge is 2.24. The van der Waals surface area contributed by atoms with Crippen LogP contribution in [0.4, 0.5) is 0 Å². The number of thiophene rings is 2. The summed E-state index contributed by atoms with van der Waals surface area (Å²) in [7, 11) is 0. The Kier molecular flexibility index (Phi) is 5.46. The molecule has 1 aliphatic rings. The van der Waals surface area contributed by atoms with Gasteiger partial charge in [-0.25, -0.2) is 0 Å². The van der Waals surface area contributed by atoms with E-state index in [9.17, 15) is 9.59 Å². The number of likely N-dealkylation sites (tertiary alicyclic amines) is 1. The second-order valence-electron chi connectivity index (χ2n) is 5.72. The zero-order valence-electron chi connectivity index (χ0n) is 12.9. The van der Waals surface area contributed by atoms with Crippen molar-refractivity contribution in [3.63, 3.8) is 0 Å². The molecular formula is C17H20N2O2S2. The van der Waals surface area contributed by atoms with Gasteiger partial charge in [-0.1, -0.05) is 6.07 Å². The Morgan fingerprint density at radius 3 is 2.70 bits per heavy atom. The lowest BCUT2D eigenvalue weighted by Crippen LogP contribution is -2.46. The van der Waals surface area contributed by atoms with E-state index in [4.69, 9.17) is 0 Å². The normalized spacial score (nSPS) is 15.6. The first-order chi connectivity index (χ1) is 11.2. The molecule has 6 heteroatoms. The summed E-state index contributed by atoms with van der Waals surface area (Å²) in [4.78, 5) is 27.5. The van der Waals surface area contributed by atoms with Crippen molar-refractivity contribution in [1.82, 2.24) is 10.2 Å². The van der Waals surface area contributed by atoms with Crippen molar-refractivity contribution >= 4 is 34.5 Å². The van der Waals surface area contributed by atoms with Crippen molar-refractivity contribution in [2.75, 3.05) is 13.1 Å². The van der Waals surface area contributed by atoms with E-state index in [0.717, 1.165) is 37.9 Å². The predicted molar refractivity (Wildman–Crippen MR) is 94.0 cm³/mol. The van der Waals surface area contributed by atoms with Crippen LogP contribution >= 0.6 is 22.7 Å². The molecule has 0 aliphatic carbocycles. The Hall–Kier alpha value is -1.66. The third-order valence-electron chi connectivity index (χ3n) is 4.13. The molecule has 2 amide bonds. The molecule has 0 radical (unpaired) electrons. The van der Waals surface area contributed by atoms with Gasteiger partial charge < -0.3 is 10.2 Å². The van der Waals surface area contributed by atoms with E-state index in [1.807, 2.05) is 33.2 Å². The van der Waals surface area contributed by atoms with Gasteiger partial charge in [-0.2, -0.15) is 11.3 Å². The summed E-state index contributed by atoms with van der Waals surface area (Å²) < 4.78 is 0. The molecule has 0 unspecified atom stereocenters. The fourth-order valence-corrected chi connectivity index (χ4v) is 4.12. The monoisotopic (exact) mass is 348 g/mol. The van der Waals surface area contributed by atoms with Crippen LogP contribution in [0.1, 0.15) is 34.5 Å². The standard InChI is InChI=1S/C17H20N2O2S2/c20-16(4-3-15-2-1-10-23-15)19-8-5-14(6-9-19)18-17(21)13-7-11-22-12-13/h1-2,7,10-12,14H,3-6,8-9H2,(H,18,21). The van der Waals surface area contributed by atoms with Crippen LogP contribution < -0.4 is 5.32 Å². The van der Waals surface area contributed by atoms with E-state index >= 15 is 0 Å². The molecule has 1 N–H and O–H groups in total. The summed E-state index contributed by atoms with van der Waals surface area (Å²) in [5.41, 5.74) is 0.726. The highest BCUT2D eigenvalue weighted by molar-refractivity contribution is 7.09. The molecule has 0 bridgehead atoms. The Bertz CT molecular complexity index is 630. The van der Waals surface area contributed by atoms with Gasteiger partial charge in [-0.3, -0.25) is 9.59 Å². The van der Waals surface area contributed by atoms with Crippen molar-refractivity contribution in [1.29, 1.82) is 0 Å². The third kappa shape index (κ3) is 4.42. The minimum absolute atomic E-state index is 0.00581. The van der Waals surface area contributed by atoms with Crippen molar-refractivity contribution in [3.8, 4) is 0 Å². The van der Waals surface area contributed by atoms with Crippen molar-refractivity contribution in [3.05, 3.63) is 44.8 Å². The molecule has 1 fully saturated rings. The molecule has 1 saturated heterocycles. The van der Waals surface area contributed by atoms with Gasteiger partial charge in [-0.15, -0.1) is 11.3 Å². The zero-order chi connectivity index (χ0) is 16.1. The maximum atomic E-state index is 12.3. The Morgan fingerprint density at radius 1 is 1.22 bits per heavy atom. The molecular weight excluding hydrogens is 328 g/mol. The molecule has 23 heavy (non-hydrogen) atoms. The molecule has 2 aromatic heterocycles. The van der Waals surface area contributed by atoms with Crippen LogP contribution in [0.2, 0.25) is 0 Å². The summed E-state index contributed by atoms with van der Waals surface area (Å²) in [6.07, 6.45) is 3.07. The van der Waals surface area contributed by atoms with Crippen molar-refractivity contribution in [2.24, 2.45) is 0 Å². The van der Waals surface area contributed by atoms with E-state index < -0.39 is 0 Å². The quantitative estimate of drug-likeness (QED) is 0.902. The Labute approximate surface area is 144 Å². The fraction of sp³-hybridized carbons (Fsp3) is 0.412. The van der Waals surface area contributed by atoms with Crippen LogP contribution in [0.3, 0.4) is 0 Å². The molecule has 4 nitrogen and oxygen atoms in total. The molecule has 122 valence electrons. The number of nitrogens with one attached hydrogen (secondary N) is 1. The van der Waals surface area contributed by atoms with Crippen LogP contribution in [-0.2, 0) is 11.2 Å². The molecule has 0 aromatic carbocycles. The topological polar surface area (TPSA) is 49.4 Å². The Morgan fingerprint density at radius 2 is 2.04 bits per heavy atom. The molecule has 0 atom stereocenters. The molecule has 2 aromatic rings. The highest BCUT2D eigenvalue weighted by atomic mass is 32.1. The van der Waals surface area contributed by atoms with Gasteiger partial charge in [0, 0.05) is 41.4 Å². The van der Waals surface area contributed by atoms with Crippen molar-refractivity contribution in [2.45, 2.75) is 31.7 Å². The number of rotatable bonds is 5. The van der Waals surface area contributed by atoms with Gasteiger partial charge in [0.1, 0.15) is 0 Å². The van der Waals surface area contributed by atoms with E-state index in [-0.39, 0.29) is 17.9 Å². The first kappa shape index (κ1) is 16.2. The highest BCUT2D eigenvalue weighted by Crippen LogP contribution is 2.16. The minimum atomic E-state index is -0.00581. The second-order valence-corrected chi connectivity index (χ2v) is 7.53. The van der Waals surface area contributed by atoms with Gasteiger partial charge in [0.25, 0.3) is 5.91 Å². The number of hydrogen-bond donors (Lipinski definition) is 1. The van der Waals surface area contributed by atoms with Gasteiger partial charge in [0.15, 0.2) is 0 Å². The zero-order valence-corrected chi connectivity index (χ0v) is 14.5. The van der Waals surface area contributed by atoms with Gasteiger partial charge in [0.2, 0.25) is 5.91 Å². The summed E-state index contributed by atoms with van der Waals surface area (Å²) in [6.45, 7) is 1.47. The Balaban J connectivity index is 1.41. The van der Waals surface area contributed by atoms with Crippen LogP contribution in [0.5, 0.6) is 0 Å². The number of aryl methyl sites for hydroxylation is 1. The average Bonchev–Trinajstić information content (AvgIpc) is 3.26. The third-order valence-corrected chi connectivity index (χ3v) is 5.75. The van der Waals surface area contributed by atoms with E-state index in [2.05, 4.69) is 11.4 Å². The van der Waals surface area contributed by atoms with Gasteiger partial charge >= 0.3 is 0 Å². The fourth-order valence-electron chi connectivity index (χ4n) is 2.78. The number of nitrogens with zero attached hydrogens (tertiary/aromatic N) is 1. The lowest BCUT2D eigenvalue weighted by molar-refractivity contribution is -0.132. The molecule has 1 aliphatic heterocycles. The lowest BCUT2D eigenvalue weighted by atomic mass is 10.0. The first-order valence-electron chi connectivity index (χ1n) is 7.85. The number of amides is 2. The van der Waals surface area contributed by atoms with Crippen LogP contribution in [0.25, 0.3) is 0 Å². The van der Waals surface area contributed by atoms with E-state index in [1.54, 1.807) is 11.3 Å². The largest absolute Gasteiger partial charge is 0.349 e. The smallest absolute Gasteiger partial charge is 0.252 e. The van der Waals surface area contributed by atoms with Gasteiger partial charge in [-0.05, 0) is 42.2 Å². The number of piperidine rings is 1. The first-order valence-corrected chi connectivity index (χ1v) is 9.68. The van der Waals surface area contributed by atoms with Crippen LogP contribution in [0, 0.1) is 0 Å². The second kappa shape index (κ2) is 7.75. The number of carbonyl (C=O) groups is 2. The maximum absolute atomic E-state index is 12.3. The molecule has 3 rings (SSSR count). The van der Waals surface area contributed by atoms with E-state index in [0.29, 0.717) is 6.42 Å². The van der Waals surface area contributed by atoms with Crippen LogP contribution in [0.15, 0.2) is 34.3 Å². The van der Waals surface area contributed by atoms with E-state index in [1.165, 1.54) is 16.2 Å².